The SMILES string of the molecule is CC(=O)c1ccccc1SSCC(O)CO[N+](=O)[O-]. The van der Waals surface area contributed by atoms with Gasteiger partial charge in [-0.1, -0.05) is 39.8 Å². The molecule has 0 saturated heterocycles. The Hall–Kier alpha value is -1.25. The normalized spacial score (nSPS) is 11.9. The number of hydrogen-bond donors (Lipinski definition) is 1. The minimum absolute atomic E-state index is 0.0269. The Bertz CT molecular complexity index is 454. The van der Waals surface area contributed by atoms with Crippen LogP contribution in [-0.2, 0) is 4.84 Å². The van der Waals surface area contributed by atoms with E-state index in [0.29, 0.717) is 5.56 Å². The summed E-state index contributed by atoms with van der Waals surface area (Å²) in [7, 11) is 2.66. The second kappa shape index (κ2) is 8.03. The van der Waals surface area contributed by atoms with Gasteiger partial charge in [-0.15, -0.1) is 10.1 Å². The second-order valence-electron chi connectivity index (χ2n) is 3.59. The molecular formula is C11H13NO5S2. The van der Waals surface area contributed by atoms with Gasteiger partial charge in [0.1, 0.15) is 6.61 Å². The molecule has 1 aromatic carbocycles. The standard InChI is InChI=1S/C11H13NO5S2/c1-8(13)10-4-2-3-5-11(10)19-18-7-9(14)6-17-12(15)16/h2-5,9,14H,6-7H2,1H3. The molecule has 1 rings (SSSR count). The summed E-state index contributed by atoms with van der Waals surface area (Å²) < 4.78 is 0. The van der Waals surface area contributed by atoms with Crippen molar-refractivity contribution in [2.24, 2.45) is 0 Å². The Morgan fingerprint density at radius 3 is 2.84 bits per heavy atom. The van der Waals surface area contributed by atoms with Crippen molar-refractivity contribution >= 4 is 27.4 Å². The predicted octanol–water partition coefficient (Wildman–Crippen LogP) is 2.20. The van der Waals surface area contributed by atoms with Crippen LogP contribution >= 0.6 is 21.6 Å². The van der Waals surface area contributed by atoms with Gasteiger partial charge >= 0.3 is 0 Å². The third-order valence-electron chi connectivity index (χ3n) is 2.05. The minimum Gasteiger partial charge on any atom is -0.390 e. The number of ketones is 1. The van der Waals surface area contributed by atoms with Crippen LogP contribution in [0.15, 0.2) is 29.2 Å². The maximum atomic E-state index is 11.4. The Balaban J connectivity index is 2.41. The lowest BCUT2D eigenvalue weighted by atomic mass is 10.1. The van der Waals surface area contributed by atoms with Crippen LogP contribution < -0.4 is 0 Å². The molecule has 1 unspecified atom stereocenters. The average molecular weight is 303 g/mol. The van der Waals surface area contributed by atoms with E-state index in [0.717, 1.165) is 4.90 Å². The molecular weight excluding hydrogens is 290 g/mol. The minimum atomic E-state index is -0.938. The number of carbonyl (C=O) groups is 1. The summed E-state index contributed by atoms with van der Waals surface area (Å²) in [4.78, 5) is 26.2. The van der Waals surface area contributed by atoms with E-state index in [4.69, 9.17) is 0 Å². The monoisotopic (exact) mass is 303 g/mol. The lowest BCUT2D eigenvalue weighted by Gasteiger charge is -2.09. The molecule has 1 aromatic rings. The van der Waals surface area contributed by atoms with Gasteiger partial charge in [0.05, 0.1) is 6.10 Å². The van der Waals surface area contributed by atoms with Crippen LogP contribution in [0.3, 0.4) is 0 Å². The number of nitrogens with zero attached hydrogens (tertiary/aromatic N) is 1. The molecule has 6 nitrogen and oxygen atoms in total. The fourth-order valence-electron chi connectivity index (χ4n) is 1.20. The maximum absolute atomic E-state index is 11.4. The van der Waals surface area contributed by atoms with E-state index in [9.17, 15) is 20.0 Å². The van der Waals surface area contributed by atoms with Crippen LogP contribution in [0, 0.1) is 10.1 Å². The van der Waals surface area contributed by atoms with E-state index >= 15 is 0 Å². The highest BCUT2D eigenvalue weighted by Crippen LogP contribution is 2.34. The zero-order valence-electron chi connectivity index (χ0n) is 10.1. The maximum Gasteiger partial charge on any atom is 0.294 e. The molecule has 0 amide bonds. The van der Waals surface area contributed by atoms with Crippen molar-refractivity contribution in [2.75, 3.05) is 12.4 Å². The van der Waals surface area contributed by atoms with Crippen molar-refractivity contribution in [3.05, 3.63) is 39.9 Å². The molecule has 0 fully saturated rings. The molecule has 0 radical (unpaired) electrons. The van der Waals surface area contributed by atoms with Crippen molar-refractivity contribution in [3.63, 3.8) is 0 Å². The topological polar surface area (TPSA) is 89.7 Å². The fourth-order valence-corrected chi connectivity index (χ4v) is 3.58. The van der Waals surface area contributed by atoms with Gasteiger partial charge in [0.2, 0.25) is 0 Å². The van der Waals surface area contributed by atoms with Crippen LogP contribution in [0.1, 0.15) is 17.3 Å². The number of benzene rings is 1. The molecule has 0 spiro atoms. The largest absolute Gasteiger partial charge is 0.390 e. The summed E-state index contributed by atoms with van der Waals surface area (Å²) in [5, 5.41) is 18.4. The Morgan fingerprint density at radius 2 is 2.21 bits per heavy atom. The quantitative estimate of drug-likeness (QED) is 0.341. The summed E-state index contributed by atoms with van der Waals surface area (Å²) in [6.07, 6.45) is -0.924. The highest BCUT2D eigenvalue weighted by atomic mass is 33.1. The van der Waals surface area contributed by atoms with E-state index in [2.05, 4.69) is 4.84 Å². The molecule has 8 heteroatoms. The van der Waals surface area contributed by atoms with Crippen LogP contribution in [0.2, 0.25) is 0 Å². The molecule has 0 saturated carbocycles. The van der Waals surface area contributed by atoms with Gasteiger partial charge in [-0.2, -0.15) is 0 Å². The van der Waals surface area contributed by atoms with Crippen molar-refractivity contribution in [2.45, 2.75) is 17.9 Å². The van der Waals surface area contributed by atoms with E-state index in [1.165, 1.54) is 28.5 Å². The Morgan fingerprint density at radius 1 is 1.53 bits per heavy atom. The van der Waals surface area contributed by atoms with Gasteiger partial charge in [-0.3, -0.25) is 4.79 Å². The van der Waals surface area contributed by atoms with E-state index < -0.39 is 11.2 Å². The number of rotatable bonds is 8. The first kappa shape index (κ1) is 15.8. The number of aliphatic hydroxyl groups excluding tert-OH is 1. The first-order valence-electron chi connectivity index (χ1n) is 5.35. The molecule has 0 aliphatic carbocycles. The molecule has 0 heterocycles. The highest BCUT2D eigenvalue weighted by Gasteiger charge is 2.10. The van der Waals surface area contributed by atoms with Crippen molar-refractivity contribution in [1.82, 2.24) is 0 Å². The summed E-state index contributed by atoms with van der Waals surface area (Å²) in [5.41, 5.74) is 0.621. The van der Waals surface area contributed by atoms with Gasteiger partial charge in [0.15, 0.2) is 5.78 Å². The van der Waals surface area contributed by atoms with E-state index in [1.807, 2.05) is 12.1 Å². The zero-order chi connectivity index (χ0) is 14.3. The Labute approximate surface area is 118 Å². The number of hydrogen-bond acceptors (Lipinski definition) is 7. The van der Waals surface area contributed by atoms with Crippen LogP contribution in [-0.4, -0.2) is 34.4 Å². The third-order valence-corrected chi connectivity index (χ3v) is 4.52. The third kappa shape index (κ3) is 5.95. The van der Waals surface area contributed by atoms with E-state index in [1.54, 1.807) is 12.1 Å². The lowest BCUT2D eigenvalue weighted by Crippen LogP contribution is -2.19. The van der Waals surface area contributed by atoms with Gasteiger partial charge in [-0.05, 0) is 13.0 Å². The Kier molecular flexibility index (Phi) is 6.68. The second-order valence-corrected chi connectivity index (χ2v) is 5.98. The first-order chi connectivity index (χ1) is 9.00. The van der Waals surface area contributed by atoms with Gasteiger partial charge in [0.25, 0.3) is 5.09 Å². The predicted molar refractivity (Wildman–Crippen MR) is 73.7 cm³/mol. The molecule has 104 valence electrons. The molecule has 1 atom stereocenters. The zero-order valence-corrected chi connectivity index (χ0v) is 11.8. The van der Waals surface area contributed by atoms with Crippen molar-refractivity contribution in [1.29, 1.82) is 0 Å². The summed E-state index contributed by atoms with van der Waals surface area (Å²) in [6.45, 7) is 1.14. The summed E-state index contributed by atoms with van der Waals surface area (Å²) >= 11 is 0. The van der Waals surface area contributed by atoms with Crippen LogP contribution in [0.5, 0.6) is 0 Å². The molecule has 0 aliphatic rings. The van der Waals surface area contributed by atoms with E-state index in [-0.39, 0.29) is 18.1 Å². The molecule has 0 aliphatic heterocycles. The molecule has 19 heavy (non-hydrogen) atoms. The lowest BCUT2D eigenvalue weighted by molar-refractivity contribution is -0.759. The van der Waals surface area contributed by atoms with Crippen LogP contribution in [0.4, 0.5) is 0 Å². The number of carbonyl (C=O) groups excluding carboxylic acids is 1. The van der Waals surface area contributed by atoms with Gasteiger partial charge in [-0.25, -0.2) is 0 Å². The van der Waals surface area contributed by atoms with Crippen molar-refractivity contribution in [3.8, 4) is 0 Å². The number of aliphatic hydroxyl groups is 1. The summed E-state index contributed by atoms with van der Waals surface area (Å²) in [6, 6.07) is 7.15. The molecule has 0 aromatic heterocycles. The van der Waals surface area contributed by atoms with Crippen LogP contribution in [0.25, 0.3) is 0 Å². The fraction of sp³-hybridized carbons (Fsp3) is 0.364. The van der Waals surface area contributed by atoms with Crippen molar-refractivity contribution < 1.29 is 19.8 Å². The molecule has 1 N–H and O–H groups in total. The highest BCUT2D eigenvalue weighted by molar-refractivity contribution is 8.76. The number of Topliss-reactive ketones (excluding diaryl/α,β-unsaturated/α-hetero) is 1. The smallest absolute Gasteiger partial charge is 0.294 e. The first-order valence-corrected chi connectivity index (χ1v) is 7.67. The average Bonchev–Trinajstić information content (AvgIpc) is 2.36. The van der Waals surface area contributed by atoms with Gasteiger partial charge in [0, 0.05) is 16.2 Å². The molecule has 0 bridgehead atoms. The summed E-state index contributed by atoms with van der Waals surface area (Å²) in [5.74, 6) is 0.242. The van der Waals surface area contributed by atoms with Gasteiger partial charge < -0.3 is 9.94 Å².